The van der Waals surface area contributed by atoms with Crippen LogP contribution in [0.1, 0.15) is 5.56 Å². The average molecular weight is 276 g/mol. The molecule has 0 spiro atoms. The van der Waals surface area contributed by atoms with Crippen molar-refractivity contribution < 1.29 is 0 Å². The lowest BCUT2D eigenvalue weighted by Gasteiger charge is -2.11. The van der Waals surface area contributed by atoms with E-state index in [1.165, 1.54) is 6.33 Å². The average Bonchev–Trinajstić information content (AvgIpc) is 2.39. The van der Waals surface area contributed by atoms with E-state index in [4.69, 9.17) is 11.6 Å². The van der Waals surface area contributed by atoms with Gasteiger partial charge < -0.3 is 4.90 Å². The van der Waals surface area contributed by atoms with Gasteiger partial charge in [-0.1, -0.05) is 23.7 Å². The molecule has 2 aromatic rings. The van der Waals surface area contributed by atoms with Crippen LogP contribution in [-0.2, 0) is 0 Å². The van der Waals surface area contributed by atoms with Crippen LogP contribution in [0.3, 0.4) is 0 Å². The Bertz CT molecular complexity index is 566. The van der Waals surface area contributed by atoms with Crippen LogP contribution in [-0.4, -0.2) is 30.3 Å². The first-order valence-corrected chi connectivity index (χ1v) is 6.07. The minimum atomic E-state index is 0.378. The van der Waals surface area contributed by atoms with E-state index in [2.05, 4.69) is 20.5 Å². The van der Waals surface area contributed by atoms with Crippen molar-refractivity contribution in [2.24, 2.45) is 5.10 Å². The van der Waals surface area contributed by atoms with Crippen molar-refractivity contribution in [2.75, 3.05) is 24.4 Å². The number of benzene rings is 1. The summed E-state index contributed by atoms with van der Waals surface area (Å²) >= 11 is 5.74. The molecule has 98 valence electrons. The van der Waals surface area contributed by atoms with Crippen LogP contribution in [0.4, 0.5) is 11.5 Å². The molecule has 1 N–H and O–H groups in total. The molecule has 6 heteroatoms. The van der Waals surface area contributed by atoms with Crippen LogP contribution in [0.25, 0.3) is 0 Å². The maximum atomic E-state index is 5.74. The summed E-state index contributed by atoms with van der Waals surface area (Å²) in [5, 5.41) is 4.47. The van der Waals surface area contributed by atoms with Crippen molar-refractivity contribution in [3.05, 3.63) is 47.4 Å². The molecule has 0 aliphatic heterocycles. The molecule has 0 bridgehead atoms. The maximum Gasteiger partial charge on any atom is 0.151 e. The minimum Gasteiger partial charge on any atom is -0.378 e. The lowest BCUT2D eigenvalue weighted by molar-refractivity contribution is 1.13. The highest BCUT2D eigenvalue weighted by Crippen LogP contribution is 2.11. The summed E-state index contributed by atoms with van der Waals surface area (Å²) in [6, 6.07) is 9.65. The van der Waals surface area contributed by atoms with Crippen molar-refractivity contribution in [1.29, 1.82) is 0 Å². The van der Waals surface area contributed by atoms with Crippen molar-refractivity contribution in [3.8, 4) is 0 Å². The van der Waals surface area contributed by atoms with Gasteiger partial charge in [0.1, 0.15) is 11.5 Å². The normalized spacial score (nSPS) is 10.7. The quantitative estimate of drug-likeness (QED) is 0.529. The summed E-state index contributed by atoms with van der Waals surface area (Å²) in [6.45, 7) is 0. The molecule has 1 aromatic heterocycles. The summed E-state index contributed by atoms with van der Waals surface area (Å²) in [4.78, 5) is 9.81. The van der Waals surface area contributed by atoms with Gasteiger partial charge in [0.25, 0.3) is 0 Å². The zero-order valence-corrected chi connectivity index (χ0v) is 11.5. The third-order valence-corrected chi connectivity index (χ3v) is 2.64. The molecule has 2 rings (SSSR count). The number of rotatable bonds is 4. The van der Waals surface area contributed by atoms with Crippen LogP contribution >= 0.6 is 11.6 Å². The van der Waals surface area contributed by atoms with E-state index < -0.39 is 0 Å². The first-order chi connectivity index (χ1) is 9.15. The lowest BCUT2D eigenvalue weighted by atomic mass is 10.2. The Morgan fingerprint density at radius 1 is 1.21 bits per heavy atom. The third-order valence-electron chi connectivity index (χ3n) is 2.44. The summed E-state index contributed by atoms with van der Waals surface area (Å²) < 4.78 is 0. The van der Waals surface area contributed by atoms with Gasteiger partial charge in [-0.3, -0.25) is 5.43 Å². The second-order valence-corrected chi connectivity index (χ2v) is 4.47. The second-order valence-electron chi connectivity index (χ2n) is 4.08. The first-order valence-electron chi connectivity index (χ1n) is 5.69. The number of nitrogens with zero attached hydrogens (tertiary/aromatic N) is 4. The standard InChI is InChI=1S/C13H14ClN5/c1-19(2)11-5-3-10(4-6-11)8-17-18-13-7-12(14)15-9-16-13/h3-9H,1-2H3,(H,15,16,18). The number of nitrogens with one attached hydrogen (secondary N) is 1. The fourth-order valence-electron chi connectivity index (χ4n) is 1.43. The monoisotopic (exact) mass is 275 g/mol. The molecule has 1 aromatic carbocycles. The zero-order valence-electron chi connectivity index (χ0n) is 10.7. The van der Waals surface area contributed by atoms with Gasteiger partial charge in [0.05, 0.1) is 6.21 Å². The molecule has 0 radical (unpaired) electrons. The fraction of sp³-hybridized carbons (Fsp3) is 0.154. The van der Waals surface area contributed by atoms with Gasteiger partial charge in [-0.05, 0) is 17.7 Å². The Kier molecular flexibility index (Phi) is 4.30. The Morgan fingerprint density at radius 3 is 2.58 bits per heavy atom. The van der Waals surface area contributed by atoms with E-state index in [0.29, 0.717) is 11.0 Å². The van der Waals surface area contributed by atoms with Crippen molar-refractivity contribution >= 4 is 29.3 Å². The highest BCUT2D eigenvalue weighted by Gasteiger charge is 1.95. The second kappa shape index (κ2) is 6.15. The van der Waals surface area contributed by atoms with E-state index in [-0.39, 0.29) is 0 Å². The van der Waals surface area contributed by atoms with Crippen molar-refractivity contribution in [3.63, 3.8) is 0 Å². The first kappa shape index (κ1) is 13.3. The molecule has 0 saturated heterocycles. The number of hydrogen-bond donors (Lipinski definition) is 1. The molecule has 0 atom stereocenters. The zero-order chi connectivity index (χ0) is 13.7. The predicted octanol–water partition coefficient (Wildman–Crippen LogP) is 2.64. The van der Waals surface area contributed by atoms with Crippen LogP contribution in [0.2, 0.25) is 5.15 Å². The van der Waals surface area contributed by atoms with E-state index in [0.717, 1.165) is 11.3 Å². The SMILES string of the molecule is CN(C)c1ccc(C=NNc2cc(Cl)ncn2)cc1. The number of aromatic nitrogens is 2. The largest absolute Gasteiger partial charge is 0.378 e. The number of hydrazone groups is 1. The maximum absolute atomic E-state index is 5.74. The van der Waals surface area contributed by atoms with Crippen LogP contribution in [0.5, 0.6) is 0 Å². The summed E-state index contributed by atoms with van der Waals surface area (Å²) in [5.74, 6) is 0.557. The smallest absolute Gasteiger partial charge is 0.151 e. The van der Waals surface area contributed by atoms with Gasteiger partial charge >= 0.3 is 0 Å². The number of anilines is 2. The molecule has 0 aliphatic carbocycles. The van der Waals surface area contributed by atoms with Crippen molar-refractivity contribution in [1.82, 2.24) is 9.97 Å². The van der Waals surface area contributed by atoms with E-state index in [1.807, 2.05) is 43.3 Å². The van der Waals surface area contributed by atoms with Crippen LogP contribution in [0, 0.1) is 0 Å². The minimum absolute atomic E-state index is 0.378. The molecule has 19 heavy (non-hydrogen) atoms. The number of hydrogen-bond acceptors (Lipinski definition) is 5. The topological polar surface area (TPSA) is 53.4 Å². The summed E-state index contributed by atoms with van der Waals surface area (Å²) in [7, 11) is 4.01. The molecule has 1 heterocycles. The molecule has 0 unspecified atom stereocenters. The fourth-order valence-corrected chi connectivity index (χ4v) is 1.57. The van der Waals surface area contributed by atoms with Gasteiger partial charge in [-0.15, -0.1) is 0 Å². The van der Waals surface area contributed by atoms with Gasteiger partial charge in [0.2, 0.25) is 0 Å². The van der Waals surface area contributed by atoms with E-state index >= 15 is 0 Å². The van der Waals surface area contributed by atoms with Gasteiger partial charge in [-0.2, -0.15) is 5.10 Å². The Morgan fingerprint density at radius 2 is 1.95 bits per heavy atom. The van der Waals surface area contributed by atoms with Gasteiger partial charge in [0.15, 0.2) is 5.82 Å². The van der Waals surface area contributed by atoms with Gasteiger partial charge in [-0.25, -0.2) is 9.97 Å². The molecule has 5 nitrogen and oxygen atoms in total. The molecule has 0 amide bonds. The van der Waals surface area contributed by atoms with Gasteiger partial charge in [0, 0.05) is 25.8 Å². The molecule has 0 aliphatic rings. The summed E-state index contributed by atoms with van der Waals surface area (Å²) in [5.41, 5.74) is 4.94. The van der Waals surface area contributed by atoms with Crippen LogP contribution < -0.4 is 10.3 Å². The van der Waals surface area contributed by atoms with Crippen molar-refractivity contribution in [2.45, 2.75) is 0 Å². The summed E-state index contributed by atoms with van der Waals surface area (Å²) in [6.07, 6.45) is 3.10. The Labute approximate surface area is 117 Å². The highest BCUT2D eigenvalue weighted by atomic mass is 35.5. The van der Waals surface area contributed by atoms with E-state index in [9.17, 15) is 0 Å². The molecule has 0 saturated carbocycles. The highest BCUT2D eigenvalue weighted by molar-refractivity contribution is 6.29. The molecular formula is C13H14ClN5. The van der Waals surface area contributed by atoms with E-state index in [1.54, 1.807) is 12.3 Å². The molecular weight excluding hydrogens is 262 g/mol. The Balaban J connectivity index is 1.99. The molecule has 0 fully saturated rings. The third kappa shape index (κ3) is 3.93. The Hall–Kier alpha value is -2.14. The number of halogens is 1. The van der Waals surface area contributed by atoms with Crippen LogP contribution in [0.15, 0.2) is 41.8 Å². The lowest BCUT2D eigenvalue weighted by Crippen LogP contribution is -2.08. The predicted molar refractivity (Wildman–Crippen MR) is 79.0 cm³/mol.